The summed E-state index contributed by atoms with van der Waals surface area (Å²) >= 11 is 0. The van der Waals surface area contributed by atoms with Gasteiger partial charge < -0.3 is 15.2 Å². The molecule has 1 saturated carbocycles. The number of hydrogen-bond acceptors (Lipinski definition) is 3. The first-order chi connectivity index (χ1) is 12.2. The van der Waals surface area contributed by atoms with Gasteiger partial charge >= 0.3 is 0 Å². The van der Waals surface area contributed by atoms with Crippen molar-refractivity contribution >= 4 is 11.8 Å². The summed E-state index contributed by atoms with van der Waals surface area (Å²) in [5.41, 5.74) is 1.50. The fourth-order valence-corrected chi connectivity index (χ4v) is 3.42. The van der Waals surface area contributed by atoms with E-state index in [2.05, 4.69) is 22.5 Å². The summed E-state index contributed by atoms with van der Waals surface area (Å²) in [4.78, 5) is 28.9. The van der Waals surface area contributed by atoms with E-state index in [-0.39, 0.29) is 17.7 Å². The van der Waals surface area contributed by atoms with Crippen molar-refractivity contribution in [3.63, 3.8) is 0 Å². The minimum absolute atomic E-state index is 0.00888. The Kier molecular flexibility index (Phi) is 6.10. The Morgan fingerprint density at radius 3 is 2.80 bits per heavy atom. The fourth-order valence-electron chi connectivity index (χ4n) is 3.42. The van der Waals surface area contributed by atoms with Crippen LogP contribution in [0.2, 0.25) is 0 Å². The number of fused-ring (bicyclic) bond motifs is 1. The van der Waals surface area contributed by atoms with Crippen LogP contribution in [0.15, 0.2) is 6.33 Å². The second-order valence-corrected chi connectivity index (χ2v) is 7.43. The van der Waals surface area contributed by atoms with Crippen LogP contribution in [0.4, 0.5) is 0 Å². The Hall–Kier alpha value is -1.85. The van der Waals surface area contributed by atoms with Crippen molar-refractivity contribution < 1.29 is 9.59 Å². The molecule has 0 bridgehead atoms. The van der Waals surface area contributed by atoms with Gasteiger partial charge in [-0.3, -0.25) is 9.59 Å². The molecule has 6 nitrogen and oxygen atoms in total. The van der Waals surface area contributed by atoms with Crippen LogP contribution in [0.25, 0.3) is 0 Å². The molecular weight excluding hydrogens is 316 g/mol. The van der Waals surface area contributed by atoms with Crippen molar-refractivity contribution in [1.29, 1.82) is 0 Å². The third-order valence-electron chi connectivity index (χ3n) is 5.26. The molecule has 1 fully saturated rings. The smallest absolute Gasteiger partial charge is 0.271 e. The number of rotatable bonds is 9. The Bertz CT molecular complexity index is 607. The number of carbonyl (C=O) groups excluding carboxylic acids is 2. The number of amides is 2. The molecule has 0 spiro atoms. The Labute approximate surface area is 149 Å². The van der Waals surface area contributed by atoms with Crippen molar-refractivity contribution in [2.45, 2.75) is 64.8 Å². The summed E-state index contributed by atoms with van der Waals surface area (Å²) in [6, 6.07) is 0. The predicted octanol–water partition coefficient (Wildman–Crippen LogP) is 2.28. The second-order valence-electron chi connectivity index (χ2n) is 7.43. The summed E-state index contributed by atoms with van der Waals surface area (Å²) in [5, 5.41) is 6.04. The SMILES string of the molecule is CCCCCCNC(=O)c1ncn2c1CCC(C(=O)NCC1CC1)C2. The highest BCUT2D eigenvalue weighted by Crippen LogP contribution is 2.28. The number of nitrogens with zero attached hydrogens (tertiary/aromatic N) is 2. The van der Waals surface area contributed by atoms with Gasteiger partial charge in [0.25, 0.3) is 5.91 Å². The zero-order chi connectivity index (χ0) is 17.6. The van der Waals surface area contributed by atoms with Gasteiger partial charge in [0.15, 0.2) is 0 Å². The van der Waals surface area contributed by atoms with Crippen LogP contribution in [0, 0.1) is 11.8 Å². The molecule has 2 N–H and O–H groups in total. The molecule has 3 rings (SSSR count). The summed E-state index contributed by atoms with van der Waals surface area (Å²) < 4.78 is 1.98. The third-order valence-corrected chi connectivity index (χ3v) is 5.26. The highest BCUT2D eigenvalue weighted by molar-refractivity contribution is 5.93. The molecule has 1 aliphatic carbocycles. The average Bonchev–Trinajstić information content (AvgIpc) is 3.36. The van der Waals surface area contributed by atoms with Crippen LogP contribution in [0.5, 0.6) is 0 Å². The normalized spacial score (nSPS) is 19.3. The third kappa shape index (κ3) is 4.83. The van der Waals surface area contributed by atoms with Crippen LogP contribution in [0.1, 0.15) is 68.1 Å². The lowest BCUT2D eigenvalue weighted by Gasteiger charge is -2.24. The van der Waals surface area contributed by atoms with Gasteiger partial charge in [0.2, 0.25) is 5.91 Å². The highest BCUT2D eigenvalue weighted by atomic mass is 16.2. The van der Waals surface area contributed by atoms with Crippen LogP contribution in [-0.2, 0) is 17.8 Å². The molecule has 2 aliphatic rings. The summed E-state index contributed by atoms with van der Waals surface area (Å²) in [6.45, 7) is 4.33. The molecule has 138 valence electrons. The Morgan fingerprint density at radius 1 is 1.20 bits per heavy atom. The maximum absolute atomic E-state index is 12.3. The summed E-state index contributed by atoms with van der Waals surface area (Å²) in [5.74, 6) is 0.754. The highest BCUT2D eigenvalue weighted by Gasteiger charge is 2.29. The van der Waals surface area contributed by atoms with Crippen molar-refractivity contribution in [3.05, 3.63) is 17.7 Å². The molecule has 1 aliphatic heterocycles. The van der Waals surface area contributed by atoms with Crippen LogP contribution in [0.3, 0.4) is 0 Å². The standard InChI is InChI=1S/C19H30N4O2/c1-2-3-4-5-10-20-19(25)17-16-9-8-15(12-23(16)13-22-17)18(24)21-11-14-6-7-14/h13-15H,2-12H2,1H3,(H,20,25)(H,21,24). The van der Waals surface area contributed by atoms with Crippen molar-refractivity contribution in [3.8, 4) is 0 Å². The summed E-state index contributed by atoms with van der Waals surface area (Å²) in [6.07, 6.45) is 10.3. The largest absolute Gasteiger partial charge is 0.356 e. The zero-order valence-corrected chi connectivity index (χ0v) is 15.2. The van der Waals surface area contributed by atoms with Gasteiger partial charge in [0.1, 0.15) is 5.69 Å². The van der Waals surface area contributed by atoms with Gasteiger partial charge in [0.05, 0.1) is 17.9 Å². The van der Waals surface area contributed by atoms with E-state index in [9.17, 15) is 9.59 Å². The first kappa shape index (κ1) is 18.0. The van der Waals surface area contributed by atoms with E-state index < -0.39 is 0 Å². The van der Waals surface area contributed by atoms with Gasteiger partial charge in [-0.2, -0.15) is 0 Å². The molecule has 1 aromatic heterocycles. The lowest BCUT2D eigenvalue weighted by molar-refractivity contribution is -0.126. The quantitative estimate of drug-likeness (QED) is 0.674. The van der Waals surface area contributed by atoms with Crippen molar-refractivity contribution in [2.75, 3.05) is 13.1 Å². The average molecular weight is 346 g/mol. The van der Waals surface area contributed by atoms with E-state index in [1.807, 2.05) is 4.57 Å². The second kappa shape index (κ2) is 8.50. The number of aromatic nitrogens is 2. The van der Waals surface area contributed by atoms with Crippen LogP contribution < -0.4 is 10.6 Å². The maximum atomic E-state index is 12.3. The van der Waals surface area contributed by atoms with E-state index in [0.29, 0.717) is 24.7 Å². The van der Waals surface area contributed by atoms with Gasteiger partial charge in [-0.05, 0) is 38.0 Å². The minimum Gasteiger partial charge on any atom is -0.356 e. The maximum Gasteiger partial charge on any atom is 0.271 e. The molecule has 25 heavy (non-hydrogen) atoms. The van der Waals surface area contributed by atoms with E-state index >= 15 is 0 Å². The Balaban J connectivity index is 1.49. The molecular formula is C19H30N4O2. The van der Waals surface area contributed by atoms with Crippen molar-refractivity contribution in [2.24, 2.45) is 11.8 Å². The van der Waals surface area contributed by atoms with E-state index in [1.54, 1.807) is 6.33 Å². The van der Waals surface area contributed by atoms with Crippen LogP contribution >= 0.6 is 0 Å². The molecule has 6 heteroatoms. The minimum atomic E-state index is -0.0816. The lowest BCUT2D eigenvalue weighted by atomic mass is 9.96. The van der Waals surface area contributed by atoms with Crippen molar-refractivity contribution in [1.82, 2.24) is 20.2 Å². The molecule has 0 radical (unpaired) electrons. The van der Waals surface area contributed by atoms with Crippen LogP contribution in [-0.4, -0.2) is 34.5 Å². The number of nitrogens with one attached hydrogen (secondary N) is 2. The topological polar surface area (TPSA) is 76.0 Å². The first-order valence-electron chi connectivity index (χ1n) is 9.79. The van der Waals surface area contributed by atoms with Gasteiger partial charge in [-0.15, -0.1) is 0 Å². The van der Waals surface area contributed by atoms with E-state index in [1.165, 1.54) is 25.7 Å². The van der Waals surface area contributed by atoms with E-state index in [4.69, 9.17) is 0 Å². The molecule has 1 atom stereocenters. The van der Waals surface area contributed by atoms with Gasteiger partial charge in [0, 0.05) is 19.6 Å². The predicted molar refractivity (Wildman–Crippen MR) is 96.2 cm³/mol. The zero-order valence-electron chi connectivity index (χ0n) is 15.2. The Morgan fingerprint density at radius 2 is 2.04 bits per heavy atom. The molecule has 2 amide bonds. The summed E-state index contributed by atoms with van der Waals surface area (Å²) in [7, 11) is 0. The monoisotopic (exact) mass is 346 g/mol. The fraction of sp³-hybridized carbons (Fsp3) is 0.737. The molecule has 0 aromatic carbocycles. The number of hydrogen-bond donors (Lipinski definition) is 2. The number of imidazole rings is 1. The van der Waals surface area contributed by atoms with Gasteiger partial charge in [-0.1, -0.05) is 26.2 Å². The van der Waals surface area contributed by atoms with E-state index in [0.717, 1.165) is 37.9 Å². The molecule has 1 unspecified atom stereocenters. The molecule has 0 saturated heterocycles. The van der Waals surface area contributed by atoms with Gasteiger partial charge in [-0.25, -0.2) is 4.98 Å². The number of unbranched alkanes of at least 4 members (excludes halogenated alkanes) is 3. The lowest BCUT2D eigenvalue weighted by Crippen LogP contribution is -2.37. The molecule has 2 heterocycles. The molecule has 1 aromatic rings. The first-order valence-corrected chi connectivity index (χ1v) is 9.79. The number of carbonyl (C=O) groups is 2.